The number of anilines is 1. The Labute approximate surface area is 147 Å². The quantitative estimate of drug-likeness (QED) is 0.806. The van der Waals surface area contributed by atoms with Crippen molar-refractivity contribution in [2.45, 2.75) is 32.9 Å². The van der Waals surface area contributed by atoms with Gasteiger partial charge in [-0.2, -0.15) is 0 Å². The molecule has 0 radical (unpaired) electrons. The number of carbonyl (C=O) groups excluding carboxylic acids is 1. The van der Waals surface area contributed by atoms with E-state index in [0.717, 1.165) is 0 Å². The Morgan fingerprint density at radius 3 is 2.46 bits per heavy atom. The lowest BCUT2D eigenvalue weighted by molar-refractivity contribution is 0.0941. The van der Waals surface area contributed by atoms with Crippen LogP contribution >= 0.6 is 11.3 Å². The maximum Gasteiger partial charge on any atom is 0.254 e. The molecule has 2 aromatic heterocycles. The molecule has 0 spiro atoms. The maximum atomic E-state index is 12.3. The van der Waals surface area contributed by atoms with E-state index in [4.69, 9.17) is 0 Å². The predicted octanol–water partition coefficient (Wildman–Crippen LogP) is 2.70. The van der Waals surface area contributed by atoms with Crippen molar-refractivity contribution in [1.29, 1.82) is 0 Å². The van der Waals surface area contributed by atoms with Crippen molar-refractivity contribution < 1.29 is 4.79 Å². The number of nitrogens with zero attached hydrogens (tertiary/aromatic N) is 3. The van der Waals surface area contributed by atoms with E-state index in [2.05, 4.69) is 43.9 Å². The van der Waals surface area contributed by atoms with E-state index in [1.54, 1.807) is 23.7 Å². The number of thiophene rings is 1. The van der Waals surface area contributed by atoms with Crippen LogP contribution in [0.15, 0.2) is 23.8 Å². The SMILES string of the molecule is Cc1ccsc1[C@H](CNC(=O)c1cnc(NC(C)C)nc1)N(C)C. The molecular weight excluding hydrogens is 322 g/mol. The Kier molecular flexibility index (Phi) is 6.28. The second-order valence-corrected chi connectivity index (χ2v) is 7.20. The summed E-state index contributed by atoms with van der Waals surface area (Å²) in [6, 6.07) is 2.50. The smallest absolute Gasteiger partial charge is 0.254 e. The molecular formula is C17H25N5OS. The minimum absolute atomic E-state index is 0.150. The van der Waals surface area contributed by atoms with E-state index in [0.29, 0.717) is 18.1 Å². The second-order valence-electron chi connectivity index (χ2n) is 6.25. The summed E-state index contributed by atoms with van der Waals surface area (Å²) in [5.74, 6) is 0.370. The standard InChI is InChI=1S/C17H25N5OS/c1-11(2)21-17-19-8-13(9-20-17)16(23)18-10-14(22(4)5)15-12(3)6-7-24-15/h6-9,11,14H,10H2,1-5H3,(H,18,23)(H,19,20,21)/t14-/m0/s1. The molecule has 0 aliphatic carbocycles. The molecule has 0 aliphatic rings. The summed E-state index contributed by atoms with van der Waals surface area (Å²) in [7, 11) is 4.04. The van der Waals surface area contributed by atoms with Gasteiger partial charge in [0.1, 0.15) is 0 Å². The Hall–Kier alpha value is -1.99. The van der Waals surface area contributed by atoms with Gasteiger partial charge in [-0.15, -0.1) is 11.3 Å². The summed E-state index contributed by atoms with van der Waals surface area (Å²) < 4.78 is 0. The third-order valence-electron chi connectivity index (χ3n) is 3.62. The molecule has 2 aromatic rings. The van der Waals surface area contributed by atoms with Crippen LogP contribution in [0.5, 0.6) is 0 Å². The van der Waals surface area contributed by atoms with Crippen molar-refractivity contribution in [1.82, 2.24) is 20.2 Å². The molecule has 7 heteroatoms. The molecule has 130 valence electrons. The molecule has 6 nitrogen and oxygen atoms in total. The van der Waals surface area contributed by atoms with Crippen LogP contribution in [0, 0.1) is 6.92 Å². The van der Waals surface area contributed by atoms with Gasteiger partial charge >= 0.3 is 0 Å². The number of amides is 1. The van der Waals surface area contributed by atoms with Gasteiger partial charge in [-0.05, 0) is 51.9 Å². The number of carbonyl (C=O) groups is 1. The van der Waals surface area contributed by atoms with Gasteiger partial charge in [0.2, 0.25) is 5.95 Å². The molecule has 2 rings (SSSR count). The first-order valence-electron chi connectivity index (χ1n) is 7.95. The molecule has 0 bridgehead atoms. The highest BCUT2D eigenvalue weighted by atomic mass is 32.1. The number of aromatic nitrogens is 2. The second kappa shape index (κ2) is 8.21. The van der Waals surface area contributed by atoms with Crippen LogP contribution in [0.1, 0.15) is 40.7 Å². The topological polar surface area (TPSA) is 70.1 Å². The van der Waals surface area contributed by atoms with Gasteiger partial charge in [0.05, 0.1) is 11.6 Å². The minimum atomic E-state index is -0.160. The third kappa shape index (κ3) is 4.75. The zero-order chi connectivity index (χ0) is 17.7. The molecule has 2 N–H and O–H groups in total. The number of aryl methyl sites for hydroxylation is 1. The Morgan fingerprint density at radius 2 is 1.96 bits per heavy atom. The molecule has 0 unspecified atom stereocenters. The molecule has 1 amide bonds. The van der Waals surface area contributed by atoms with Gasteiger partial charge < -0.3 is 15.5 Å². The average molecular weight is 347 g/mol. The molecule has 2 heterocycles. The first kappa shape index (κ1) is 18.4. The maximum absolute atomic E-state index is 12.3. The predicted molar refractivity (Wildman–Crippen MR) is 98.6 cm³/mol. The van der Waals surface area contributed by atoms with Gasteiger partial charge in [0.25, 0.3) is 5.91 Å². The lowest BCUT2D eigenvalue weighted by Crippen LogP contribution is -2.34. The van der Waals surface area contributed by atoms with E-state index in [1.807, 2.05) is 27.9 Å². The molecule has 1 atom stereocenters. The summed E-state index contributed by atoms with van der Waals surface area (Å²) in [5, 5.41) is 8.16. The van der Waals surface area contributed by atoms with Gasteiger partial charge in [0.15, 0.2) is 0 Å². The highest BCUT2D eigenvalue weighted by Gasteiger charge is 2.19. The summed E-state index contributed by atoms with van der Waals surface area (Å²) in [6.07, 6.45) is 3.10. The minimum Gasteiger partial charge on any atom is -0.352 e. The van der Waals surface area contributed by atoms with Crippen LogP contribution < -0.4 is 10.6 Å². The summed E-state index contributed by atoms with van der Waals surface area (Å²) in [4.78, 5) is 24.1. The molecule has 24 heavy (non-hydrogen) atoms. The molecule has 0 fully saturated rings. The normalized spacial score (nSPS) is 12.5. The Balaban J connectivity index is 1.99. The monoisotopic (exact) mass is 347 g/mol. The number of nitrogens with one attached hydrogen (secondary N) is 2. The highest BCUT2D eigenvalue weighted by molar-refractivity contribution is 7.10. The van der Waals surface area contributed by atoms with Crippen LogP contribution in [0.25, 0.3) is 0 Å². The lowest BCUT2D eigenvalue weighted by Gasteiger charge is -2.24. The Morgan fingerprint density at radius 1 is 1.29 bits per heavy atom. The number of rotatable bonds is 7. The number of hydrogen-bond donors (Lipinski definition) is 2. The average Bonchev–Trinajstić information content (AvgIpc) is 2.93. The fraction of sp³-hybridized carbons (Fsp3) is 0.471. The van der Waals surface area contributed by atoms with Crippen molar-refractivity contribution >= 4 is 23.2 Å². The van der Waals surface area contributed by atoms with Crippen molar-refractivity contribution in [2.75, 3.05) is 26.0 Å². The highest BCUT2D eigenvalue weighted by Crippen LogP contribution is 2.26. The lowest BCUT2D eigenvalue weighted by atomic mass is 10.1. The van der Waals surface area contributed by atoms with Crippen LogP contribution in [-0.4, -0.2) is 47.5 Å². The van der Waals surface area contributed by atoms with Crippen LogP contribution in [0.3, 0.4) is 0 Å². The van der Waals surface area contributed by atoms with E-state index >= 15 is 0 Å². The largest absolute Gasteiger partial charge is 0.352 e. The van der Waals surface area contributed by atoms with Crippen molar-refractivity contribution in [3.8, 4) is 0 Å². The molecule has 0 aromatic carbocycles. The zero-order valence-electron chi connectivity index (χ0n) is 14.8. The summed E-state index contributed by atoms with van der Waals surface area (Å²) in [5.41, 5.74) is 1.71. The third-order valence-corrected chi connectivity index (χ3v) is 4.74. The van der Waals surface area contributed by atoms with E-state index < -0.39 is 0 Å². The van der Waals surface area contributed by atoms with Gasteiger partial charge in [-0.1, -0.05) is 0 Å². The molecule has 0 saturated carbocycles. The summed E-state index contributed by atoms with van der Waals surface area (Å²) >= 11 is 1.72. The van der Waals surface area contributed by atoms with Gasteiger partial charge in [-0.25, -0.2) is 9.97 Å². The summed E-state index contributed by atoms with van der Waals surface area (Å²) in [6.45, 7) is 6.66. The van der Waals surface area contributed by atoms with E-state index in [9.17, 15) is 4.79 Å². The van der Waals surface area contributed by atoms with Crippen LogP contribution in [0.2, 0.25) is 0 Å². The molecule has 0 saturated heterocycles. The van der Waals surface area contributed by atoms with Crippen molar-refractivity contribution in [2.24, 2.45) is 0 Å². The molecule has 0 aliphatic heterocycles. The fourth-order valence-electron chi connectivity index (χ4n) is 2.31. The fourth-order valence-corrected chi connectivity index (χ4v) is 3.43. The van der Waals surface area contributed by atoms with E-state index in [-0.39, 0.29) is 18.0 Å². The number of hydrogen-bond acceptors (Lipinski definition) is 6. The first-order valence-corrected chi connectivity index (χ1v) is 8.83. The van der Waals surface area contributed by atoms with Crippen LogP contribution in [0.4, 0.5) is 5.95 Å². The number of likely N-dealkylation sites (N-methyl/N-ethyl adjacent to an activating group) is 1. The van der Waals surface area contributed by atoms with E-state index in [1.165, 1.54) is 10.4 Å². The van der Waals surface area contributed by atoms with Gasteiger partial charge in [0, 0.05) is 29.9 Å². The Bertz CT molecular complexity index is 666. The van der Waals surface area contributed by atoms with Crippen LogP contribution in [-0.2, 0) is 0 Å². The van der Waals surface area contributed by atoms with Crippen molar-refractivity contribution in [3.05, 3.63) is 39.8 Å². The first-order chi connectivity index (χ1) is 11.4. The van der Waals surface area contributed by atoms with Gasteiger partial charge in [-0.3, -0.25) is 4.79 Å². The zero-order valence-corrected chi connectivity index (χ0v) is 15.6. The van der Waals surface area contributed by atoms with Crippen molar-refractivity contribution in [3.63, 3.8) is 0 Å².